The fraction of sp³-hybridized carbons (Fsp3) is 0.0435. The normalized spacial score (nSPS) is 11.1. The first-order chi connectivity index (χ1) is 16.0. The lowest BCUT2D eigenvalue weighted by Gasteiger charge is -2.10. The van der Waals surface area contributed by atoms with Gasteiger partial charge < -0.3 is 0 Å². The summed E-state index contributed by atoms with van der Waals surface area (Å²) in [6, 6.07) is 21.1. The minimum Gasteiger partial charge on any atom is -0.272 e. The molecule has 0 saturated carbocycles. The third-order valence-corrected chi connectivity index (χ3v) is 5.98. The van der Waals surface area contributed by atoms with E-state index in [2.05, 4.69) is 20.7 Å². The summed E-state index contributed by atoms with van der Waals surface area (Å²) in [5, 5.41) is 13.7. The molecule has 166 valence electrons. The van der Waals surface area contributed by atoms with Crippen LogP contribution in [-0.2, 0) is 4.79 Å². The monoisotopic (exact) mass is 499 g/mol. The summed E-state index contributed by atoms with van der Waals surface area (Å²) in [5.74, 6) is -0.272. The van der Waals surface area contributed by atoms with Crippen LogP contribution in [0.4, 0.5) is 4.39 Å². The number of halogens is 3. The number of carbonyl (C=O) groups excluding carboxylic acids is 1. The molecule has 0 fully saturated rings. The van der Waals surface area contributed by atoms with E-state index < -0.39 is 11.7 Å². The van der Waals surface area contributed by atoms with E-state index in [0.717, 1.165) is 11.3 Å². The fourth-order valence-corrected chi connectivity index (χ4v) is 4.01. The van der Waals surface area contributed by atoms with Gasteiger partial charge in [-0.05, 0) is 36.4 Å². The lowest BCUT2D eigenvalue weighted by molar-refractivity contribution is -0.118. The van der Waals surface area contributed by atoms with Crippen molar-refractivity contribution in [2.45, 2.75) is 5.16 Å². The number of thioether (sulfide) groups is 1. The molecule has 0 aliphatic heterocycles. The van der Waals surface area contributed by atoms with Gasteiger partial charge in [-0.2, -0.15) is 5.10 Å². The van der Waals surface area contributed by atoms with Crippen molar-refractivity contribution < 1.29 is 9.18 Å². The maximum absolute atomic E-state index is 13.8. The van der Waals surface area contributed by atoms with Crippen molar-refractivity contribution in [3.05, 3.63) is 94.2 Å². The van der Waals surface area contributed by atoms with Gasteiger partial charge >= 0.3 is 0 Å². The zero-order valence-electron chi connectivity index (χ0n) is 17.0. The van der Waals surface area contributed by atoms with Crippen molar-refractivity contribution in [3.8, 4) is 17.1 Å². The van der Waals surface area contributed by atoms with Crippen molar-refractivity contribution in [1.82, 2.24) is 20.2 Å². The summed E-state index contributed by atoms with van der Waals surface area (Å²) >= 11 is 13.2. The van der Waals surface area contributed by atoms with E-state index in [9.17, 15) is 9.18 Å². The molecule has 1 N–H and O–H groups in total. The van der Waals surface area contributed by atoms with Crippen LogP contribution in [0.25, 0.3) is 17.1 Å². The molecule has 3 aromatic carbocycles. The third kappa shape index (κ3) is 5.60. The van der Waals surface area contributed by atoms with Gasteiger partial charge in [-0.25, -0.2) is 9.82 Å². The van der Waals surface area contributed by atoms with E-state index in [4.69, 9.17) is 23.2 Å². The highest BCUT2D eigenvalue weighted by molar-refractivity contribution is 7.99. The smallest absolute Gasteiger partial charge is 0.250 e. The average Bonchev–Trinajstić information content (AvgIpc) is 3.25. The van der Waals surface area contributed by atoms with Gasteiger partial charge in [0.2, 0.25) is 0 Å². The quantitative estimate of drug-likeness (QED) is 0.203. The number of rotatable bonds is 7. The van der Waals surface area contributed by atoms with E-state index in [0.29, 0.717) is 16.0 Å². The number of nitrogens with one attached hydrogen (secondary N) is 1. The second-order valence-electron chi connectivity index (χ2n) is 6.70. The van der Waals surface area contributed by atoms with E-state index in [-0.39, 0.29) is 16.3 Å². The summed E-state index contributed by atoms with van der Waals surface area (Å²) in [5.41, 5.74) is 4.15. The van der Waals surface area contributed by atoms with Crippen molar-refractivity contribution in [2.24, 2.45) is 5.10 Å². The lowest BCUT2D eigenvalue weighted by Crippen LogP contribution is -2.20. The zero-order valence-corrected chi connectivity index (χ0v) is 19.3. The van der Waals surface area contributed by atoms with Gasteiger partial charge in [-0.3, -0.25) is 9.36 Å². The summed E-state index contributed by atoms with van der Waals surface area (Å²) in [6.45, 7) is 0. The Bertz CT molecular complexity index is 1280. The SMILES string of the molecule is O=C(CSc1nnc(-c2ccccc2)n1-c1ccc(Cl)cc1)N/N=C\c1c(F)cccc1Cl. The van der Waals surface area contributed by atoms with Gasteiger partial charge in [0.05, 0.1) is 17.0 Å². The maximum Gasteiger partial charge on any atom is 0.250 e. The van der Waals surface area contributed by atoms with Crippen LogP contribution in [0, 0.1) is 5.82 Å². The average molecular weight is 500 g/mol. The molecular formula is C23H16Cl2FN5OS. The first-order valence-corrected chi connectivity index (χ1v) is 11.4. The number of benzene rings is 3. The number of hydrazone groups is 1. The summed E-state index contributed by atoms with van der Waals surface area (Å²) in [7, 11) is 0. The molecule has 0 aliphatic rings. The Morgan fingerprint density at radius 1 is 1.03 bits per heavy atom. The highest BCUT2D eigenvalue weighted by Gasteiger charge is 2.17. The Morgan fingerprint density at radius 2 is 1.79 bits per heavy atom. The van der Waals surface area contributed by atoms with Crippen LogP contribution < -0.4 is 5.43 Å². The Balaban J connectivity index is 1.51. The predicted molar refractivity (Wildman–Crippen MR) is 130 cm³/mol. The Kier molecular flexibility index (Phi) is 7.39. The van der Waals surface area contributed by atoms with Crippen LogP contribution >= 0.6 is 35.0 Å². The van der Waals surface area contributed by atoms with Gasteiger partial charge in [0, 0.05) is 21.8 Å². The number of aromatic nitrogens is 3. The van der Waals surface area contributed by atoms with Crippen molar-refractivity contribution in [2.75, 3.05) is 5.75 Å². The molecular weight excluding hydrogens is 484 g/mol. The van der Waals surface area contributed by atoms with E-state index in [1.165, 1.54) is 36.2 Å². The molecule has 0 unspecified atom stereocenters. The third-order valence-electron chi connectivity index (χ3n) is 4.47. The minimum absolute atomic E-state index is 0.0167. The second-order valence-corrected chi connectivity index (χ2v) is 8.49. The van der Waals surface area contributed by atoms with Gasteiger partial charge in [-0.1, -0.05) is 71.4 Å². The minimum atomic E-state index is -0.528. The first-order valence-electron chi connectivity index (χ1n) is 9.68. The fourth-order valence-electron chi connectivity index (χ4n) is 2.93. The molecule has 0 radical (unpaired) electrons. The highest BCUT2D eigenvalue weighted by atomic mass is 35.5. The van der Waals surface area contributed by atoms with Gasteiger partial charge in [0.25, 0.3) is 5.91 Å². The molecule has 6 nitrogen and oxygen atoms in total. The molecule has 1 aromatic heterocycles. The number of hydrogen-bond donors (Lipinski definition) is 1. The highest BCUT2D eigenvalue weighted by Crippen LogP contribution is 2.28. The molecule has 33 heavy (non-hydrogen) atoms. The van der Waals surface area contributed by atoms with Crippen LogP contribution in [0.5, 0.6) is 0 Å². The molecule has 0 spiro atoms. The second kappa shape index (κ2) is 10.6. The molecule has 10 heteroatoms. The van der Waals surface area contributed by atoms with Crippen LogP contribution in [0.1, 0.15) is 5.56 Å². The van der Waals surface area contributed by atoms with Crippen molar-refractivity contribution in [1.29, 1.82) is 0 Å². The van der Waals surface area contributed by atoms with Crippen LogP contribution in [0.3, 0.4) is 0 Å². The Labute approximate surface area is 203 Å². The molecule has 0 bridgehead atoms. The first kappa shape index (κ1) is 23.0. The number of nitrogens with zero attached hydrogens (tertiary/aromatic N) is 4. The van der Waals surface area contributed by atoms with E-state index in [1.54, 1.807) is 12.1 Å². The molecule has 1 amide bonds. The number of carbonyl (C=O) groups is 1. The summed E-state index contributed by atoms with van der Waals surface area (Å²) < 4.78 is 15.7. The molecule has 1 heterocycles. The topological polar surface area (TPSA) is 72.2 Å². The molecule has 4 aromatic rings. The maximum atomic E-state index is 13.8. The number of amides is 1. The summed E-state index contributed by atoms with van der Waals surface area (Å²) in [4.78, 5) is 12.3. The van der Waals surface area contributed by atoms with Crippen molar-refractivity contribution >= 4 is 47.1 Å². The van der Waals surface area contributed by atoms with Crippen LogP contribution in [0.15, 0.2) is 83.1 Å². The Hall–Kier alpha value is -3.20. The van der Waals surface area contributed by atoms with Crippen LogP contribution in [-0.4, -0.2) is 32.6 Å². The predicted octanol–water partition coefficient (Wildman–Crippen LogP) is 5.62. The largest absolute Gasteiger partial charge is 0.272 e. The lowest BCUT2D eigenvalue weighted by atomic mass is 10.2. The van der Waals surface area contributed by atoms with Crippen LogP contribution in [0.2, 0.25) is 10.0 Å². The van der Waals surface area contributed by atoms with Gasteiger partial charge in [0.15, 0.2) is 11.0 Å². The summed E-state index contributed by atoms with van der Waals surface area (Å²) in [6.07, 6.45) is 1.17. The molecule has 0 aliphatic carbocycles. The van der Waals surface area contributed by atoms with E-state index >= 15 is 0 Å². The molecule has 0 saturated heterocycles. The van der Waals surface area contributed by atoms with Gasteiger partial charge in [0.1, 0.15) is 5.82 Å². The Morgan fingerprint density at radius 3 is 2.52 bits per heavy atom. The van der Waals surface area contributed by atoms with E-state index in [1.807, 2.05) is 47.0 Å². The molecule has 0 atom stereocenters. The molecule has 4 rings (SSSR count). The van der Waals surface area contributed by atoms with Crippen molar-refractivity contribution in [3.63, 3.8) is 0 Å². The zero-order chi connectivity index (χ0) is 23.2. The van der Waals surface area contributed by atoms with Gasteiger partial charge in [-0.15, -0.1) is 10.2 Å². The standard InChI is InChI=1S/C23H16Cl2FN5OS/c24-16-9-11-17(12-10-16)31-22(15-5-2-1-3-6-15)29-30-23(31)33-14-21(32)28-27-13-18-19(25)7-4-8-20(18)26/h1-13H,14H2,(H,28,32)/b27-13-. The number of hydrogen-bond acceptors (Lipinski definition) is 5.